The second kappa shape index (κ2) is 12.4. The molecule has 1 aliphatic heterocycles. The third-order valence-corrected chi connectivity index (χ3v) is 16.4. The van der Waals surface area contributed by atoms with Crippen LogP contribution in [-0.2, 0) is 20.7 Å². The van der Waals surface area contributed by atoms with Crippen molar-refractivity contribution in [2.75, 3.05) is 19.8 Å². The summed E-state index contributed by atoms with van der Waals surface area (Å²) < 4.78 is 16.1. The van der Waals surface area contributed by atoms with E-state index in [1.807, 2.05) is 0 Å². The number of hydrogen-bond acceptors (Lipinski definition) is 6. The molecule has 1 aromatic rings. The zero-order valence-corrected chi connectivity index (χ0v) is 32.6. The van der Waals surface area contributed by atoms with Crippen LogP contribution in [0.4, 0.5) is 0 Å². The van der Waals surface area contributed by atoms with Crippen molar-refractivity contribution in [2.45, 2.75) is 145 Å². The normalized spacial score (nSPS) is 43.6. The van der Waals surface area contributed by atoms with Crippen LogP contribution in [0.3, 0.4) is 0 Å². The standard InChI is InChI=1S/C41H68N4O4/c1-12-13-32-43-24-44-45(32)30-20-41-23-48-21-37(8,34(30)49-22-40(11,42)26(4)5)31(41)15-14-28-29(41)16-17-39(10)33(35(46)47)36(7,27(6)25(2)3)18-19-38(28,39)9/h16,24-28,30-31,33-34H,12-15,17-23,42H2,1-11H3,(H,46,47)/t27-,28+,30-,31+,33-,34+,36-,37-,38-,39+,40+,41+/m1/s1. The van der Waals surface area contributed by atoms with Gasteiger partial charge in [-0.15, -0.1) is 0 Å². The molecule has 0 aromatic carbocycles. The summed E-state index contributed by atoms with van der Waals surface area (Å²) in [5.41, 5.74) is 6.83. The van der Waals surface area contributed by atoms with Crippen molar-refractivity contribution in [3.63, 3.8) is 0 Å². The summed E-state index contributed by atoms with van der Waals surface area (Å²) in [7, 11) is 0. The Balaban J connectivity index is 1.46. The highest BCUT2D eigenvalue weighted by Gasteiger charge is 2.72. The molecule has 49 heavy (non-hydrogen) atoms. The van der Waals surface area contributed by atoms with Crippen molar-refractivity contribution < 1.29 is 19.4 Å². The van der Waals surface area contributed by atoms with Crippen molar-refractivity contribution in [3.05, 3.63) is 23.8 Å². The van der Waals surface area contributed by atoms with Gasteiger partial charge in [-0.3, -0.25) is 4.79 Å². The van der Waals surface area contributed by atoms with Gasteiger partial charge in [0, 0.05) is 22.8 Å². The number of rotatable bonds is 10. The molecule has 3 saturated carbocycles. The largest absolute Gasteiger partial charge is 0.481 e. The molecular formula is C41H68N4O4. The van der Waals surface area contributed by atoms with Gasteiger partial charge >= 0.3 is 5.97 Å². The van der Waals surface area contributed by atoms with Gasteiger partial charge in [0.05, 0.1) is 37.9 Å². The van der Waals surface area contributed by atoms with E-state index in [1.54, 1.807) is 11.9 Å². The van der Waals surface area contributed by atoms with E-state index in [9.17, 15) is 9.90 Å². The Morgan fingerprint density at radius 2 is 1.84 bits per heavy atom. The van der Waals surface area contributed by atoms with Gasteiger partial charge in [0.15, 0.2) is 0 Å². The van der Waals surface area contributed by atoms with Crippen LogP contribution in [0.5, 0.6) is 0 Å². The van der Waals surface area contributed by atoms with Crippen molar-refractivity contribution in [3.8, 4) is 0 Å². The molecule has 0 amide bonds. The van der Waals surface area contributed by atoms with Crippen molar-refractivity contribution in [1.29, 1.82) is 0 Å². The van der Waals surface area contributed by atoms with E-state index in [0.29, 0.717) is 43.5 Å². The number of carboxylic acid groups (broad SMARTS) is 1. The van der Waals surface area contributed by atoms with Crippen LogP contribution < -0.4 is 5.73 Å². The molecule has 6 rings (SSSR count). The fourth-order valence-corrected chi connectivity index (χ4v) is 12.5. The van der Waals surface area contributed by atoms with E-state index in [1.165, 1.54) is 0 Å². The van der Waals surface area contributed by atoms with Crippen LogP contribution in [0.2, 0.25) is 0 Å². The first kappa shape index (κ1) is 37.0. The fraction of sp³-hybridized carbons (Fsp3) is 0.878. The van der Waals surface area contributed by atoms with Crippen LogP contribution in [0.1, 0.15) is 133 Å². The molecule has 4 fully saturated rings. The number of carbonyl (C=O) groups is 1. The highest BCUT2D eigenvalue weighted by Crippen LogP contribution is 2.75. The minimum Gasteiger partial charge on any atom is -0.481 e. The van der Waals surface area contributed by atoms with Crippen LogP contribution in [0.15, 0.2) is 18.0 Å². The maximum Gasteiger partial charge on any atom is 0.307 e. The zero-order chi connectivity index (χ0) is 35.9. The number of nitrogens with zero attached hydrogens (tertiary/aromatic N) is 3. The van der Waals surface area contributed by atoms with Gasteiger partial charge in [0.25, 0.3) is 0 Å². The lowest BCUT2D eigenvalue weighted by Crippen LogP contribution is -2.69. The van der Waals surface area contributed by atoms with E-state index in [4.69, 9.17) is 25.3 Å². The van der Waals surface area contributed by atoms with Crippen molar-refractivity contribution >= 4 is 5.97 Å². The molecule has 3 N–H and O–H groups in total. The van der Waals surface area contributed by atoms with E-state index in [0.717, 1.165) is 57.2 Å². The Hall–Kier alpha value is -1.77. The average Bonchev–Trinajstić information content (AvgIpc) is 3.48. The van der Waals surface area contributed by atoms with Gasteiger partial charge in [-0.1, -0.05) is 80.9 Å². The highest BCUT2D eigenvalue weighted by atomic mass is 16.5. The second-order valence-electron chi connectivity index (χ2n) is 19.4. The van der Waals surface area contributed by atoms with E-state index in [2.05, 4.69) is 86.9 Å². The molecule has 0 radical (unpaired) electrons. The van der Waals surface area contributed by atoms with Crippen LogP contribution in [0, 0.1) is 62.6 Å². The number of allylic oxidation sites excluding steroid dienone is 1. The predicted molar refractivity (Wildman–Crippen MR) is 194 cm³/mol. The summed E-state index contributed by atoms with van der Waals surface area (Å²) in [5, 5.41) is 16.0. The molecule has 4 aliphatic carbocycles. The first-order chi connectivity index (χ1) is 22.8. The Morgan fingerprint density at radius 1 is 1.12 bits per heavy atom. The molecule has 2 bridgehead atoms. The van der Waals surface area contributed by atoms with Crippen LogP contribution >= 0.6 is 0 Å². The number of ether oxygens (including phenoxy) is 2. The Morgan fingerprint density at radius 3 is 2.47 bits per heavy atom. The number of aryl methyl sites for hydroxylation is 1. The van der Waals surface area contributed by atoms with Crippen molar-refractivity contribution in [2.24, 2.45) is 68.3 Å². The Bertz CT molecular complexity index is 1440. The Labute approximate surface area is 296 Å². The van der Waals surface area contributed by atoms with Gasteiger partial charge < -0.3 is 20.3 Å². The van der Waals surface area contributed by atoms with Crippen LogP contribution in [0.25, 0.3) is 0 Å². The third-order valence-electron chi connectivity index (χ3n) is 16.4. The summed E-state index contributed by atoms with van der Waals surface area (Å²) in [4.78, 5) is 18.3. The van der Waals surface area contributed by atoms with E-state index in [-0.39, 0.29) is 45.1 Å². The lowest BCUT2D eigenvalue weighted by atomic mass is 9.34. The van der Waals surface area contributed by atoms with Crippen molar-refractivity contribution in [1.82, 2.24) is 14.8 Å². The van der Waals surface area contributed by atoms with E-state index < -0.39 is 17.4 Å². The van der Waals surface area contributed by atoms with Gasteiger partial charge in [0.1, 0.15) is 12.2 Å². The third kappa shape index (κ3) is 5.25. The molecule has 0 spiro atoms. The molecule has 2 heterocycles. The maximum atomic E-state index is 13.5. The van der Waals surface area contributed by atoms with E-state index >= 15 is 0 Å². The Kier molecular flexibility index (Phi) is 9.39. The van der Waals surface area contributed by atoms with Gasteiger partial charge in [-0.2, -0.15) is 5.10 Å². The molecule has 12 atom stereocenters. The smallest absolute Gasteiger partial charge is 0.307 e. The lowest BCUT2D eigenvalue weighted by Gasteiger charge is -2.71. The number of hydrogen-bond donors (Lipinski definition) is 2. The minimum atomic E-state index is -0.610. The number of nitrogens with two attached hydrogens (primary N) is 1. The molecule has 5 aliphatic rings. The number of carboxylic acids is 1. The number of fused-ring (bicyclic) bond motifs is 3. The molecule has 8 heteroatoms. The first-order valence-electron chi connectivity index (χ1n) is 19.6. The number of aromatic nitrogens is 3. The summed E-state index contributed by atoms with van der Waals surface area (Å²) in [6, 6.07) is 0.00577. The molecule has 276 valence electrons. The molecule has 1 aromatic heterocycles. The summed E-state index contributed by atoms with van der Waals surface area (Å²) in [6.45, 7) is 26.8. The molecule has 8 nitrogen and oxygen atoms in total. The first-order valence-corrected chi connectivity index (χ1v) is 19.6. The monoisotopic (exact) mass is 681 g/mol. The average molecular weight is 681 g/mol. The minimum absolute atomic E-state index is 0.00577. The number of aliphatic carboxylic acids is 1. The molecule has 1 saturated heterocycles. The van der Waals surface area contributed by atoms with Crippen LogP contribution in [-0.4, -0.2) is 57.3 Å². The lowest BCUT2D eigenvalue weighted by molar-refractivity contribution is -0.253. The topological polar surface area (TPSA) is 112 Å². The fourth-order valence-electron chi connectivity index (χ4n) is 12.5. The summed E-state index contributed by atoms with van der Waals surface area (Å²) >= 11 is 0. The van der Waals surface area contributed by atoms with Gasteiger partial charge in [0.2, 0.25) is 0 Å². The highest BCUT2D eigenvalue weighted by molar-refractivity contribution is 5.73. The second-order valence-corrected chi connectivity index (χ2v) is 19.4. The SMILES string of the molecule is CCCc1ncnn1[C@@H]1C[C@@]23COC[C@](C)([C@@H]2CC[C@H]2C3=CC[C@@]3(C)[C@H](C(=O)O)[C@@](C)([C@H](C)C(C)C)CC[C@]23C)[C@H]1OC[C@](C)(N)C(C)C. The maximum absolute atomic E-state index is 13.5. The molecular weight excluding hydrogens is 612 g/mol. The quantitative estimate of drug-likeness (QED) is 0.240. The van der Waals surface area contributed by atoms with Gasteiger partial charge in [-0.25, -0.2) is 9.67 Å². The molecule has 0 unspecified atom stereocenters. The summed E-state index contributed by atoms with van der Waals surface area (Å²) in [6.07, 6.45) is 11.9. The summed E-state index contributed by atoms with van der Waals surface area (Å²) in [5.74, 6) is 1.78. The van der Waals surface area contributed by atoms with Gasteiger partial charge in [-0.05, 0) is 97.7 Å². The predicted octanol–water partition coefficient (Wildman–Crippen LogP) is 8.12. The zero-order valence-electron chi connectivity index (χ0n) is 32.6.